The second-order valence-corrected chi connectivity index (χ2v) is 14.1. The maximum absolute atomic E-state index is 15.7. The molecule has 0 heterocycles. The summed E-state index contributed by atoms with van der Waals surface area (Å²) in [6.45, 7) is 23.1. The van der Waals surface area contributed by atoms with Gasteiger partial charge in [-0.25, -0.2) is 0 Å². The van der Waals surface area contributed by atoms with Gasteiger partial charge in [0.25, 0.3) is 0 Å². The van der Waals surface area contributed by atoms with Crippen LogP contribution in [0.5, 0.6) is 23.0 Å². The summed E-state index contributed by atoms with van der Waals surface area (Å²) in [7, 11) is 0. The number of benzene rings is 4. The van der Waals surface area contributed by atoms with E-state index < -0.39 is 28.9 Å². The molecule has 0 aliphatic carbocycles. The fourth-order valence-corrected chi connectivity index (χ4v) is 7.25. The van der Waals surface area contributed by atoms with Crippen molar-refractivity contribution >= 4 is 11.4 Å². The third-order valence-corrected chi connectivity index (χ3v) is 11.3. The molecule has 0 amide bonds. The van der Waals surface area contributed by atoms with Crippen LogP contribution in [0.4, 0.5) is 37.7 Å². The van der Waals surface area contributed by atoms with E-state index in [0.29, 0.717) is 22.9 Å². The molecule has 276 valence electrons. The van der Waals surface area contributed by atoms with Gasteiger partial charge in [0, 0.05) is 11.4 Å². The van der Waals surface area contributed by atoms with Crippen LogP contribution in [0, 0.1) is 96.9 Å². The highest BCUT2D eigenvalue weighted by atomic mass is 19.4. The summed E-state index contributed by atoms with van der Waals surface area (Å²) in [5, 5.41) is 0. The van der Waals surface area contributed by atoms with Crippen LogP contribution in [0.3, 0.4) is 0 Å². The summed E-state index contributed by atoms with van der Waals surface area (Å²) >= 11 is 0. The number of nitrogens with two attached hydrogens (primary N) is 2. The molecule has 0 bridgehead atoms. The van der Waals surface area contributed by atoms with Gasteiger partial charge in [0.1, 0.15) is 23.0 Å². The monoisotopic (exact) mass is 714 g/mol. The van der Waals surface area contributed by atoms with Crippen LogP contribution in [0.25, 0.3) is 0 Å². The second kappa shape index (κ2) is 13.0. The standard InChI is InChI=1S/C41H48F6N2O2/c1-17-15-31(19(3)25(9)35(17)50-37-27(11)21(5)33(48)22(6)28(37)12)39(40(42,43)44,41(45,46)47)32-16-18(2)36(26(10)20(32)4)51-38-29(13)23(7)34(49)24(8)30(38)14/h15-16H,48-49H2,1-14H3. The first-order valence-electron chi connectivity index (χ1n) is 16.7. The Morgan fingerprint density at radius 2 is 0.608 bits per heavy atom. The molecule has 4 N–H and O–H groups in total. The Hall–Kier alpha value is -4.34. The minimum atomic E-state index is -5.79. The number of hydrogen-bond donors (Lipinski definition) is 2. The van der Waals surface area contributed by atoms with E-state index in [4.69, 9.17) is 20.9 Å². The lowest BCUT2D eigenvalue weighted by molar-refractivity contribution is -0.289. The third-order valence-electron chi connectivity index (χ3n) is 11.3. The van der Waals surface area contributed by atoms with E-state index in [2.05, 4.69) is 0 Å². The van der Waals surface area contributed by atoms with Gasteiger partial charge in [0.15, 0.2) is 0 Å². The van der Waals surface area contributed by atoms with Gasteiger partial charge in [-0.15, -0.1) is 0 Å². The molecular formula is C41H48F6N2O2. The van der Waals surface area contributed by atoms with Crippen molar-refractivity contribution in [1.82, 2.24) is 0 Å². The Morgan fingerprint density at radius 3 is 0.843 bits per heavy atom. The first kappa shape index (κ1) is 39.4. The smallest absolute Gasteiger partial charge is 0.411 e. The number of ether oxygens (including phenoxy) is 2. The van der Waals surface area contributed by atoms with E-state index in [1.807, 2.05) is 55.4 Å². The largest absolute Gasteiger partial charge is 0.456 e. The Bertz CT molecular complexity index is 1880. The van der Waals surface area contributed by atoms with Gasteiger partial charge in [-0.1, -0.05) is 12.1 Å². The van der Waals surface area contributed by atoms with E-state index in [1.165, 1.54) is 41.5 Å². The predicted molar refractivity (Wildman–Crippen MR) is 194 cm³/mol. The zero-order valence-electron chi connectivity index (χ0n) is 31.9. The van der Waals surface area contributed by atoms with Gasteiger partial charge < -0.3 is 20.9 Å². The molecule has 4 rings (SSSR count). The lowest BCUT2D eigenvalue weighted by atomic mass is 9.68. The minimum Gasteiger partial charge on any atom is -0.456 e. The zero-order chi connectivity index (χ0) is 39.0. The molecule has 0 saturated carbocycles. The van der Waals surface area contributed by atoms with Crippen molar-refractivity contribution in [2.45, 2.75) is 115 Å². The first-order chi connectivity index (χ1) is 23.2. The molecule has 4 nitrogen and oxygen atoms in total. The van der Waals surface area contributed by atoms with Crippen LogP contribution in [0.2, 0.25) is 0 Å². The summed E-state index contributed by atoms with van der Waals surface area (Å²) < 4.78 is 107. The van der Waals surface area contributed by atoms with Crippen LogP contribution in [-0.4, -0.2) is 12.4 Å². The Morgan fingerprint density at radius 1 is 0.373 bits per heavy atom. The molecule has 0 unspecified atom stereocenters. The van der Waals surface area contributed by atoms with Gasteiger partial charge in [-0.05, 0) is 186 Å². The lowest BCUT2D eigenvalue weighted by Crippen LogP contribution is -2.55. The summed E-state index contributed by atoms with van der Waals surface area (Å²) in [6, 6.07) is 1.95. The van der Waals surface area contributed by atoms with E-state index in [-0.39, 0.29) is 44.9 Å². The van der Waals surface area contributed by atoms with Crippen LogP contribution >= 0.6 is 0 Å². The summed E-state index contributed by atoms with van der Waals surface area (Å²) in [6.07, 6.45) is -11.6. The molecule has 0 aromatic heterocycles. The Kier molecular flexibility index (Phi) is 10.1. The normalized spacial score (nSPS) is 12.5. The fraction of sp³-hybridized carbons (Fsp3) is 0.415. The van der Waals surface area contributed by atoms with Crippen LogP contribution < -0.4 is 20.9 Å². The number of alkyl halides is 6. The molecule has 0 spiro atoms. The van der Waals surface area contributed by atoms with Crippen molar-refractivity contribution in [2.24, 2.45) is 0 Å². The third kappa shape index (κ3) is 5.88. The molecular weight excluding hydrogens is 666 g/mol. The zero-order valence-corrected chi connectivity index (χ0v) is 31.9. The average molecular weight is 715 g/mol. The van der Waals surface area contributed by atoms with E-state index >= 15 is 26.3 Å². The van der Waals surface area contributed by atoms with Crippen molar-refractivity contribution < 1.29 is 35.8 Å². The van der Waals surface area contributed by atoms with Crippen molar-refractivity contribution in [1.29, 1.82) is 0 Å². The average Bonchev–Trinajstić information content (AvgIpc) is 3.03. The molecule has 4 aromatic carbocycles. The molecule has 0 radical (unpaired) electrons. The topological polar surface area (TPSA) is 70.5 Å². The van der Waals surface area contributed by atoms with Crippen LogP contribution in [0.1, 0.15) is 89.0 Å². The van der Waals surface area contributed by atoms with Crippen LogP contribution in [-0.2, 0) is 5.41 Å². The Balaban J connectivity index is 2.05. The lowest BCUT2D eigenvalue weighted by Gasteiger charge is -2.41. The molecule has 0 aliphatic rings. The SMILES string of the molecule is Cc1cc(C(c2cc(C)c(Oc3c(C)c(C)c(N)c(C)c3C)c(C)c2C)(C(F)(F)F)C(F)(F)F)c(C)c(C)c1Oc1c(C)c(C)c(N)c(C)c1C. The van der Waals surface area contributed by atoms with E-state index in [1.54, 1.807) is 0 Å². The summed E-state index contributed by atoms with van der Waals surface area (Å²) in [5.74, 6) is 1.31. The number of aryl methyl sites for hydroxylation is 2. The van der Waals surface area contributed by atoms with Gasteiger partial charge in [0.2, 0.25) is 5.41 Å². The molecule has 4 aromatic rings. The maximum Gasteiger partial charge on any atom is 0.411 e. The summed E-state index contributed by atoms with van der Waals surface area (Å²) in [5.41, 5.74) is 13.8. The second-order valence-electron chi connectivity index (χ2n) is 14.1. The molecule has 51 heavy (non-hydrogen) atoms. The van der Waals surface area contributed by atoms with Crippen molar-refractivity contribution in [3.05, 3.63) is 101 Å². The van der Waals surface area contributed by atoms with Gasteiger partial charge in [-0.2, -0.15) is 26.3 Å². The molecule has 0 fully saturated rings. The predicted octanol–water partition coefficient (Wildman–Crippen LogP) is 12.2. The fourth-order valence-electron chi connectivity index (χ4n) is 7.25. The molecule has 0 aliphatic heterocycles. The van der Waals surface area contributed by atoms with Crippen molar-refractivity contribution in [2.75, 3.05) is 11.5 Å². The number of rotatable bonds is 6. The Labute approximate surface area is 297 Å². The maximum atomic E-state index is 15.7. The van der Waals surface area contributed by atoms with Crippen LogP contribution in [0.15, 0.2) is 12.1 Å². The van der Waals surface area contributed by atoms with Gasteiger partial charge in [-0.3, -0.25) is 0 Å². The number of anilines is 2. The van der Waals surface area contributed by atoms with E-state index in [0.717, 1.165) is 56.6 Å². The highest BCUT2D eigenvalue weighted by Crippen LogP contribution is 2.59. The quantitative estimate of drug-likeness (QED) is 0.154. The summed E-state index contributed by atoms with van der Waals surface area (Å²) in [4.78, 5) is 0. The van der Waals surface area contributed by atoms with Crippen molar-refractivity contribution in [3.63, 3.8) is 0 Å². The van der Waals surface area contributed by atoms with Gasteiger partial charge >= 0.3 is 12.4 Å². The van der Waals surface area contributed by atoms with E-state index in [9.17, 15) is 0 Å². The number of hydrogen-bond acceptors (Lipinski definition) is 4. The van der Waals surface area contributed by atoms with Gasteiger partial charge in [0.05, 0.1) is 0 Å². The minimum absolute atomic E-state index is 0.128. The van der Waals surface area contributed by atoms with Crippen molar-refractivity contribution in [3.8, 4) is 23.0 Å². The number of halogens is 6. The number of nitrogen functional groups attached to an aromatic ring is 2. The molecule has 10 heteroatoms. The molecule has 0 saturated heterocycles. The molecule has 0 atom stereocenters. The highest BCUT2D eigenvalue weighted by Gasteiger charge is 2.73. The first-order valence-corrected chi connectivity index (χ1v) is 16.7. The highest BCUT2D eigenvalue weighted by molar-refractivity contribution is 5.68.